The average Bonchev–Trinajstić information content (AvgIpc) is 3.78. The Morgan fingerprint density at radius 3 is 2.14 bits per heavy atom. The molecule has 0 aromatic heterocycles. The van der Waals surface area contributed by atoms with Gasteiger partial charge in [0.05, 0.1) is 11.8 Å². The maximum absolute atomic E-state index is 13.1. The van der Waals surface area contributed by atoms with Crippen LogP contribution < -0.4 is 0 Å². The van der Waals surface area contributed by atoms with E-state index in [0.717, 1.165) is 30.6 Å². The molecule has 0 aromatic rings. The van der Waals surface area contributed by atoms with Crippen molar-refractivity contribution < 1.29 is 19.4 Å². The number of hydrogen-bond donors (Lipinski definition) is 1. The number of carboxylic acids is 1. The van der Waals surface area contributed by atoms with Crippen LogP contribution >= 0.6 is 0 Å². The molecule has 0 bridgehead atoms. The number of piperazine rings is 1. The third-order valence-corrected chi connectivity index (χ3v) is 18.2. The molecule has 7 fully saturated rings. The maximum atomic E-state index is 13.1. The predicted molar refractivity (Wildman–Crippen MR) is 205 cm³/mol. The number of carbonyl (C=O) groups is 2. The van der Waals surface area contributed by atoms with Gasteiger partial charge in [-0.2, -0.15) is 0 Å². The molecule has 6 nitrogen and oxygen atoms in total. The molecule has 10 atom stereocenters. The van der Waals surface area contributed by atoms with Crippen molar-refractivity contribution >= 4 is 11.9 Å². The maximum Gasteiger partial charge on any atom is 0.309 e. The summed E-state index contributed by atoms with van der Waals surface area (Å²) in [5, 5.41) is 9.63. The van der Waals surface area contributed by atoms with Gasteiger partial charge >= 0.3 is 11.9 Å². The lowest BCUT2D eigenvalue weighted by molar-refractivity contribution is -0.250. The molecular formula is C45H74N2O4. The van der Waals surface area contributed by atoms with E-state index in [9.17, 15) is 14.7 Å². The van der Waals surface area contributed by atoms with E-state index in [0.29, 0.717) is 34.0 Å². The van der Waals surface area contributed by atoms with Crippen molar-refractivity contribution in [2.24, 2.45) is 68.0 Å². The van der Waals surface area contributed by atoms with Crippen LogP contribution in [0.15, 0.2) is 12.2 Å². The number of carboxylic acid groups (broad SMARTS) is 1. The van der Waals surface area contributed by atoms with Gasteiger partial charge in [0.2, 0.25) is 0 Å². The Kier molecular flexibility index (Phi) is 9.75. The van der Waals surface area contributed by atoms with Gasteiger partial charge < -0.3 is 19.6 Å². The number of carbonyl (C=O) groups excluding carboxylic acids is 1. The zero-order valence-electron chi connectivity index (χ0n) is 34.0. The molecule has 288 valence electrons. The van der Waals surface area contributed by atoms with Crippen molar-refractivity contribution in [3.8, 4) is 0 Å². The molecule has 1 saturated heterocycles. The molecule has 51 heavy (non-hydrogen) atoms. The second kappa shape index (κ2) is 13.1. The van der Waals surface area contributed by atoms with E-state index in [4.69, 9.17) is 4.74 Å². The number of ether oxygens (including phenoxy) is 1. The highest BCUT2D eigenvalue weighted by Crippen LogP contribution is 2.78. The van der Waals surface area contributed by atoms with E-state index < -0.39 is 11.4 Å². The molecule has 6 aliphatic carbocycles. The van der Waals surface area contributed by atoms with Crippen molar-refractivity contribution in [2.75, 3.05) is 39.3 Å². The molecule has 7 aliphatic rings. The molecule has 0 radical (unpaired) electrons. The topological polar surface area (TPSA) is 70.1 Å². The van der Waals surface area contributed by atoms with Crippen molar-refractivity contribution in [1.29, 1.82) is 0 Å². The van der Waals surface area contributed by atoms with Crippen LogP contribution in [0.3, 0.4) is 0 Å². The third kappa shape index (κ3) is 6.28. The van der Waals surface area contributed by atoms with Gasteiger partial charge in [0.1, 0.15) is 6.10 Å². The fraction of sp³-hybridized carbons (Fsp3) is 0.911. The zero-order chi connectivity index (χ0) is 36.8. The zero-order valence-corrected chi connectivity index (χ0v) is 34.0. The van der Waals surface area contributed by atoms with E-state index in [2.05, 4.69) is 57.9 Å². The molecule has 1 aliphatic heterocycles. The Bertz CT molecular complexity index is 1360. The van der Waals surface area contributed by atoms with Gasteiger partial charge in [0.25, 0.3) is 0 Å². The number of esters is 1. The summed E-state index contributed by atoms with van der Waals surface area (Å²) in [5.74, 6) is 3.08. The molecule has 6 heteroatoms. The van der Waals surface area contributed by atoms with Crippen LogP contribution in [-0.4, -0.2) is 72.2 Å². The number of nitrogens with zero attached hydrogens (tertiary/aromatic N) is 2. The molecule has 0 unspecified atom stereocenters. The second-order valence-corrected chi connectivity index (χ2v) is 21.6. The molecule has 0 spiro atoms. The summed E-state index contributed by atoms with van der Waals surface area (Å²) in [7, 11) is 0. The summed E-state index contributed by atoms with van der Waals surface area (Å²) in [6.07, 6.45) is 16.7. The SMILES string of the molecule is C=C(C)[C@@H]1CC[C@]2(CCN3CCN(CC4CC4)CC3)CC[C@]3(C)[C@H](CC[C@@H]4[C@@]5(C)CC[C@H](OC(=O)CC(C)(C)C(=O)O)C(C)(C)[C@@H]5CC[C@]43C)[C@@H]12. The van der Waals surface area contributed by atoms with Crippen LogP contribution in [0, 0.1) is 68.0 Å². The molecule has 0 aromatic carbocycles. The van der Waals surface area contributed by atoms with E-state index in [1.54, 1.807) is 13.8 Å². The largest absolute Gasteiger partial charge is 0.481 e. The van der Waals surface area contributed by atoms with Gasteiger partial charge in [-0.1, -0.05) is 46.8 Å². The Labute approximate surface area is 311 Å². The van der Waals surface area contributed by atoms with E-state index in [-0.39, 0.29) is 29.3 Å². The summed E-state index contributed by atoms with van der Waals surface area (Å²) < 4.78 is 6.22. The van der Waals surface area contributed by atoms with Crippen molar-refractivity contribution in [1.82, 2.24) is 9.80 Å². The Morgan fingerprint density at radius 1 is 0.804 bits per heavy atom. The van der Waals surface area contributed by atoms with Gasteiger partial charge in [-0.05, 0) is 168 Å². The Balaban J connectivity index is 1.07. The summed E-state index contributed by atoms with van der Waals surface area (Å²) >= 11 is 0. The number of aliphatic carboxylic acids is 1. The monoisotopic (exact) mass is 707 g/mol. The minimum absolute atomic E-state index is 0.0812. The summed E-state index contributed by atoms with van der Waals surface area (Å²) in [6.45, 7) is 30.8. The lowest BCUT2D eigenvalue weighted by Gasteiger charge is -2.73. The number of hydrogen-bond acceptors (Lipinski definition) is 5. The molecule has 7 rings (SSSR count). The number of rotatable bonds is 10. The summed E-state index contributed by atoms with van der Waals surface area (Å²) in [6, 6.07) is 0. The summed E-state index contributed by atoms with van der Waals surface area (Å²) in [5.41, 5.74) is 1.52. The molecule has 1 N–H and O–H groups in total. The highest BCUT2D eigenvalue weighted by atomic mass is 16.5. The Hall–Kier alpha value is -1.40. The van der Waals surface area contributed by atoms with Crippen LogP contribution in [0.2, 0.25) is 0 Å². The molecular weight excluding hydrogens is 633 g/mol. The lowest BCUT2D eigenvalue weighted by Crippen LogP contribution is -2.66. The van der Waals surface area contributed by atoms with Crippen molar-refractivity contribution in [3.05, 3.63) is 12.2 Å². The van der Waals surface area contributed by atoms with Crippen LogP contribution in [-0.2, 0) is 14.3 Å². The van der Waals surface area contributed by atoms with E-state index >= 15 is 0 Å². The predicted octanol–water partition coefficient (Wildman–Crippen LogP) is 9.47. The van der Waals surface area contributed by atoms with E-state index in [1.807, 2.05) is 0 Å². The van der Waals surface area contributed by atoms with Gasteiger partial charge in [-0.25, -0.2) is 0 Å². The smallest absolute Gasteiger partial charge is 0.309 e. The fourth-order valence-electron chi connectivity index (χ4n) is 14.8. The van der Waals surface area contributed by atoms with Crippen LogP contribution in [0.5, 0.6) is 0 Å². The molecule has 6 saturated carbocycles. The first-order chi connectivity index (χ1) is 23.9. The van der Waals surface area contributed by atoms with E-state index in [1.165, 1.54) is 115 Å². The van der Waals surface area contributed by atoms with Crippen LogP contribution in [0.25, 0.3) is 0 Å². The minimum atomic E-state index is -1.12. The highest BCUT2D eigenvalue weighted by Gasteiger charge is 2.71. The molecule has 0 amide bonds. The Morgan fingerprint density at radius 2 is 1.49 bits per heavy atom. The highest BCUT2D eigenvalue weighted by molar-refractivity contribution is 5.81. The lowest BCUT2D eigenvalue weighted by atomic mass is 9.32. The minimum Gasteiger partial charge on any atom is -0.481 e. The fourth-order valence-corrected chi connectivity index (χ4v) is 14.8. The normalized spacial score (nSPS) is 44.1. The number of fused-ring (bicyclic) bond motifs is 7. The van der Waals surface area contributed by atoms with Gasteiger partial charge in [-0.3, -0.25) is 9.59 Å². The first-order valence-electron chi connectivity index (χ1n) is 21.4. The van der Waals surface area contributed by atoms with Crippen LogP contribution in [0.1, 0.15) is 145 Å². The van der Waals surface area contributed by atoms with Crippen molar-refractivity contribution in [3.63, 3.8) is 0 Å². The molecule has 1 heterocycles. The third-order valence-electron chi connectivity index (χ3n) is 18.2. The van der Waals surface area contributed by atoms with Gasteiger partial charge in [0.15, 0.2) is 0 Å². The van der Waals surface area contributed by atoms with Crippen molar-refractivity contribution in [2.45, 2.75) is 151 Å². The van der Waals surface area contributed by atoms with Gasteiger partial charge in [-0.15, -0.1) is 0 Å². The summed E-state index contributed by atoms with van der Waals surface area (Å²) in [4.78, 5) is 30.4. The second-order valence-electron chi connectivity index (χ2n) is 21.6. The first-order valence-corrected chi connectivity index (χ1v) is 21.4. The average molecular weight is 707 g/mol. The number of allylic oxidation sites excluding steroid dienone is 1. The quantitative estimate of drug-likeness (QED) is 0.180. The standard InChI is InChI=1S/C45H74N2O4/c1-30(2)32-14-19-45(22-23-46-24-26-47(27-25-46)29-31-10-11-31)21-20-43(8)33(38(32)45)12-13-35-42(7)17-16-36(51-37(48)28-40(3,4)39(49)50)41(5,6)34(42)15-18-44(35,43)9/h31-36,38H,1,10-29H2,2-9H3,(H,49,50)/t32-,33+,34-,35+,36-,38+,42-,43+,44+,45+/m0/s1. The van der Waals surface area contributed by atoms with Crippen LogP contribution in [0.4, 0.5) is 0 Å². The first kappa shape index (κ1) is 37.9. The van der Waals surface area contributed by atoms with Gasteiger partial charge in [0, 0.05) is 38.1 Å².